The van der Waals surface area contributed by atoms with Gasteiger partial charge in [-0.25, -0.2) is 10.8 Å². The minimum Gasteiger partial charge on any atom is -0.477 e. The number of hydrogen-bond acceptors (Lipinski definition) is 7. The molecule has 0 radical (unpaired) electrons. The Bertz CT molecular complexity index is 854. The smallest absolute Gasteiger partial charge is 0.234 e. The molecule has 3 aromatic rings. The molecule has 0 saturated heterocycles. The van der Waals surface area contributed by atoms with Crippen molar-refractivity contribution in [3.8, 4) is 5.88 Å². The van der Waals surface area contributed by atoms with E-state index in [1.165, 1.54) is 11.2 Å². The summed E-state index contributed by atoms with van der Waals surface area (Å²) in [6.45, 7) is 3.14. The number of benzene rings is 1. The molecule has 0 atom stereocenters. The van der Waals surface area contributed by atoms with E-state index >= 15 is 0 Å². The molecule has 7 heteroatoms. The van der Waals surface area contributed by atoms with E-state index in [1.807, 2.05) is 30.3 Å². The van der Waals surface area contributed by atoms with E-state index in [0.717, 1.165) is 29.3 Å². The molecule has 25 heavy (non-hydrogen) atoms. The standard InChI is InChI=1S/C18H22N6O/c1-2-3-9-25-16-11-22-17(19)18(23-16)24(20)12-13-6-7-15-14(10-13)5-4-8-21-15/h4-8,10-11H,2-3,9,12,20H2,1H3,(H2,19,22). The number of nitrogen functional groups attached to an aromatic ring is 1. The predicted octanol–water partition coefficient (Wildman–Crippen LogP) is 2.67. The van der Waals surface area contributed by atoms with Crippen molar-refractivity contribution in [2.45, 2.75) is 26.3 Å². The Morgan fingerprint density at radius 2 is 2.08 bits per heavy atom. The number of nitrogens with zero attached hydrogens (tertiary/aromatic N) is 4. The number of anilines is 2. The van der Waals surface area contributed by atoms with Crippen LogP contribution in [-0.4, -0.2) is 21.6 Å². The Kier molecular flexibility index (Phi) is 5.25. The van der Waals surface area contributed by atoms with Gasteiger partial charge in [0.05, 0.1) is 24.9 Å². The van der Waals surface area contributed by atoms with Crippen LogP contribution in [0.25, 0.3) is 10.9 Å². The van der Waals surface area contributed by atoms with Gasteiger partial charge in [-0.15, -0.1) is 0 Å². The number of ether oxygens (including phenoxy) is 1. The molecule has 0 amide bonds. The molecule has 0 saturated carbocycles. The van der Waals surface area contributed by atoms with Crippen LogP contribution in [0.3, 0.4) is 0 Å². The van der Waals surface area contributed by atoms with Gasteiger partial charge < -0.3 is 10.5 Å². The van der Waals surface area contributed by atoms with Gasteiger partial charge in [-0.2, -0.15) is 4.98 Å². The summed E-state index contributed by atoms with van der Waals surface area (Å²) in [6, 6.07) is 9.93. The van der Waals surface area contributed by atoms with Crippen molar-refractivity contribution in [3.05, 3.63) is 48.3 Å². The number of hydrogen-bond donors (Lipinski definition) is 2. The van der Waals surface area contributed by atoms with E-state index in [1.54, 1.807) is 6.20 Å². The maximum absolute atomic E-state index is 6.18. The molecule has 0 aliphatic carbocycles. The third kappa shape index (κ3) is 4.13. The SMILES string of the molecule is CCCCOc1cnc(N)c(N(N)Cc2ccc3ncccc3c2)n1. The molecular formula is C18H22N6O. The largest absolute Gasteiger partial charge is 0.477 e. The average Bonchev–Trinajstić information content (AvgIpc) is 2.63. The lowest BCUT2D eigenvalue weighted by Crippen LogP contribution is -2.32. The molecule has 2 aromatic heterocycles. The lowest BCUT2D eigenvalue weighted by Gasteiger charge is -2.19. The number of nitrogens with two attached hydrogens (primary N) is 2. The topological polar surface area (TPSA) is 103 Å². The lowest BCUT2D eigenvalue weighted by atomic mass is 10.1. The van der Waals surface area contributed by atoms with Gasteiger partial charge in [-0.05, 0) is 30.2 Å². The number of rotatable bonds is 7. The number of aromatic nitrogens is 3. The Hall–Kier alpha value is -2.93. The first-order chi connectivity index (χ1) is 12.2. The summed E-state index contributed by atoms with van der Waals surface area (Å²) in [5, 5.41) is 2.54. The predicted molar refractivity (Wildman–Crippen MR) is 99.0 cm³/mol. The summed E-state index contributed by atoms with van der Waals surface area (Å²) in [7, 11) is 0. The van der Waals surface area contributed by atoms with E-state index in [9.17, 15) is 0 Å². The van der Waals surface area contributed by atoms with Gasteiger partial charge in [0, 0.05) is 11.6 Å². The van der Waals surface area contributed by atoms with E-state index in [2.05, 4.69) is 21.9 Å². The molecular weight excluding hydrogens is 316 g/mol. The van der Waals surface area contributed by atoms with Crippen molar-refractivity contribution >= 4 is 22.5 Å². The molecule has 2 heterocycles. The second-order valence-electron chi connectivity index (χ2n) is 5.78. The van der Waals surface area contributed by atoms with Gasteiger partial charge in [-0.3, -0.25) is 9.99 Å². The number of unbranched alkanes of at least 4 members (excludes halogenated alkanes) is 1. The summed E-state index contributed by atoms with van der Waals surface area (Å²) in [6.07, 6.45) is 5.30. The van der Waals surface area contributed by atoms with Crippen LogP contribution >= 0.6 is 0 Å². The zero-order valence-electron chi connectivity index (χ0n) is 14.2. The third-order valence-corrected chi connectivity index (χ3v) is 3.80. The van der Waals surface area contributed by atoms with Crippen molar-refractivity contribution in [2.75, 3.05) is 17.3 Å². The van der Waals surface area contributed by atoms with Gasteiger partial charge in [0.25, 0.3) is 0 Å². The van der Waals surface area contributed by atoms with E-state index in [0.29, 0.717) is 24.8 Å². The summed E-state index contributed by atoms with van der Waals surface area (Å²) in [5.74, 6) is 7.28. The van der Waals surface area contributed by atoms with Crippen LogP contribution in [0.2, 0.25) is 0 Å². The Morgan fingerprint density at radius 1 is 1.20 bits per heavy atom. The van der Waals surface area contributed by atoms with Crippen LogP contribution in [0.4, 0.5) is 11.6 Å². The van der Waals surface area contributed by atoms with Gasteiger partial charge in [0.15, 0.2) is 11.6 Å². The molecule has 0 unspecified atom stereocenters. The lowest BCUT2D eigenvalue weighted by molar-refractivity contribution is 0.296. The Morgan fingerprint density at radius 3 is 2.92 bits per heavy atom. The van der Waals surface area contributed by atoms with Crippen LogP contribution in [0, 0.1) is 0 Å². The van der Waals surface area contributed by atoms with Crippen LogP contribution in [-0.2, 0) is 6.54 Å². The highest BCUT2D eigenvalue weighted by Gasteiger charge is 2.12. The fraction of sp³-hybridized carbons (Fsp3) is 0.278. The van der Waals surface area contributed by atoms with Gasteiger partial charge in [0.1, 0.15) is 0 Å². The molecule has 0 aliphatic rings. The van der Waals surface area contributed by atoms with Crippen molar-refractivity contribution in [1.29, 1.82) is 0 Å². The first-order valence-electron chi connectivity index (χ1n) is 8.28. The van der Waals surface area contributed by atoms with Crippen LogP contribution < -0.4 is 21.3 Å². The van der Waals surface area contributed by atoms with Crippen LogP contribution in [0.5, 0.6) is 5.88 Å². The Balaban J connectivity index is 1.77. The van der Waals surface area contributed by atoms with Crippen molar-refractivity contribution < 1.29 is 4.74 Å². The van der Waals surface area contributed by atoms with Gasteiger partial charge in [-0.1, -0.05) is 25.5 Å². The highest BCUT2D eigenvalue weighted by molar-refractivity contribution is 5.79. The normalized spacial score (nSPS) is 10.8. The quantitative estimate of drug-likeness (QED) is 0.388. The molecule has 4 N–H and O–H groups in total. The van der Waals surface area contributed by atoms with E-state index < -0.39 is 0 Å². The van der Waals surface area contributed by atoms with Crippen molar-refractivity contribution in [2.24, 2.45) is 5.84 Å². The maximum atomic E-state index is 6.18. The molecule has 0 fully saturated rings. The van der Waals surface area contributed by atoms with Crippen LogP contribution in [0.15, 0.2) is 42.7 Å². The second kappa shape index (κ2) is 7.76. The van der Waals surface area contributed by atoms with E-state index in [-0.39, 0.29) is 5.82 Å². The van der Waals surface area contributed by atoms with Crippen LogP contribution in [0.1, 0.15) is 25.3 Å². The minimum atomic E-state index is 0.271. The summed E-state index contributed by atoms with van der Waals surface area (Å²) in [5.41, 5.74) is 7.90. The third-order valence-electron chi connectivity index (χ3n) is 3.80. The first kappa shape index (κ1) is 16.9. The molecule has 3 rings (SSSR count). The zero-order valence-corrected chi connectivity index (χ0v) is 14.2. The highest BCUT2D eigenvalue weighted by atomic mass is 16.5. The summed E-state index contributed by atoms with van der Waals surface area (Å²) in [4.78, 5) is 12.8. The first-order valence-corrected chi connectivity index (χ1v) is 8.28. The average molecular weight is 338 g/mol. The number of fused-ring (bicyclic) bond motifs is 1. The zero-order chi connectivity index (χ0) is 17.6. The van der Waals surface area contributed by atoms with Crippen molar-refractivity contribution in [3.63, 3.8) is 0 Å². The van der Waals surface area contributed by atoms with Gasteiger partial charge in [0.2, 0.25) is 5.88 Å². The molecule has 0 spiro atoms. The number of pyridine rings is 1. The molecule has 130 valence electrons. The fourth-order valence-electron chi connectivity index (χ4n) is 2.47. The fourth-order valence-corrected chi connectivity index (χ4v) is 2.47. The molecule has 0 aliphatic heterocycles. The highest BCUT2D eigenvalue weighted by Crippen LogP contribution is 2.22. The summed E-state index contributed by atoms with van der Waals surface area (Å²) >= 11 is 0. The van der Waals surface area contributed by atoms with Gasteiger partial charge >= 0.3 is 0 Å². The number of hydrazine groups is 1. The maximum Gasteiger partial charge on any atom is 0.234 e. The Labute approximate surface area is 146 Å². The van der Waals surface area contributed by atoms with Crippen molar-refractivity contribution in [1.82, 2.24) is 15.0 Å². The molecule has 0 bridgehead atoms. The minimum absolute atomic E-state index is 0.271. The molecule has 1 aromatic carbocycles. The second-order valence-corrected chi connectivity index (χ2v) is 5.78. The van der Waals surface area contributed by atoms with E-state index in [4.69, 9.17) is 16.3 Å². The summed E-state index contributed by atoms with van der Waals surface area (Å²) < 4.78 is 5.58. The monoisotopic (exact) mass is 338 g/mol. The molecule has 7 nitrogen and oxygen atoms in total.